The van der Waals surface area contributed by atoms with E-state index in [-0.39, 0.29) is 17.9 Å². The molecule has 24 heavy (non-hydrogen) atoms. The third-order valence-electron chi connectivity index (χ3n) is 4.52. The lowest BCUT2D eigenvalue weighted by Crippen LogP contribution is -2.55. The van der Waals surface area contributed by atoms with Gasteiger partial charge in [0.1, 0.15) is 5.76 Å². The highest BCUT2D eigenvalue weighted by Crippen LogP contribution is 2.19. The highest BCUT2D eigenvalue weighted by atomic mass is 16.5. The van der Waals surface area contributed by atoms with Crippen molar-refractivity contribution in [1.82, 2.24) is 20.3 Å². The summed E-state index contributed by atoms with van der Waals surface area (Å²) in [5.74, 6) is 1.13. The molecule has 1 unspecified atom stereocenters. The second-order valence-electron chi connectivity index (χ2n) is 6.64. The molecule has 1 aliphatic carbocycles. The Kier molecular flexibility index (Phi) is 5.15. The third kappa shape index (κ3) is 4.55. The summed E-state index contributed by atoms with van der Waals surface area (Å²) in [6.45, 7) is 7.17. The fourth-order valence-corrected chi connectivity index (χ4v) is 2.83. The summed E-state index contributed by atoms with van der Waals surface area (Å²) in [4.78, 5) is 28.4. The van der Waals surface area contributed by atoms with E-state index in [4.69, 9.17) is 4.52 Å². The van der Waals surface area contributed by atoms with Crippen LogP contribution >= 0.6 is 0 Å². The Morgan fingerprint density at radius 3 is 2.62 bits per heavy atom. The largest absolute Gasteiger partial charge is 0.360 e. The Hall–Kier alpha value is -1.93. The SMILES string of the molecule is Cc1cc(NC(=O)CN2CCN(C(C)C(=O)NC3CC3)CC2)no1. The fourth-order valence-electron chi connectivity index (χ4n) is 2.83. The molecule has 8 heteroatoms. The van der Waals surface area contributed by atoms with Gasteiger partial charge in [-0.2, -0.15) is 0 Å². The molecule has 2 aliphatic rings. The van der Waals surface area contributed by atoms with E-state index in [1.54, 1.807) is 13.0 Å². The van der Waals surface area contributed by atoms with Crippen molar-refractivity contribution in [3.8, 4) is 0 Å². The van der Waals surface area contributed by atoms with E-state index in [2.05, 4.69) is 25.6 Å². The van der Waals surface area contributed by atoms with E-state index in [9.17, 15) is 9.59 Å². The number of piperazine rings is 1. The predicted octanol–water partition coefficient (Wildman–Crippen LogP) is 0.206. The van der Waals surface area contributed by atoms with E-state index in [0.29, 0.717) is 24.2 Å². The number of hydrogen-bond donors (Lipinski definition) is 2. The van der Waals surface area contributed by atoms with E-state index >= 15 is 0 Å². The minimum Gasteiger partial charge on any atom is -0.360 e. The number of nitrogens with zero attached hydrogens (tertiary/aromatic N) is 3. The number of rotatable bonds is 6. The molecule has 1 aromatic heterocycles. The molecule has 1 atom stereocenters. The molecular formula is C16H25N5O3. The Morgan fingerprint density at radius 1 is 1.33 bits per heavy atom. The molecule has 2 N–H and O–H groups in total. The summed E-state index contributed by atoms with van der Waals surface area (Å²) in [7, 11) is 0. The van der Waals surface area contributed by atoms with Gasteiger partial charge in [0, 0.05) is 38.3 Å². The van der Waals surface area contributed by atoms with Crippen molar-refractivity contribution < 1.29 is 14.1 Å². The molecule has 2 heterocycles. The van der Waals surface area contributed by atoms with Gasteiger partial charge in [-0.05, 0) is 26.7 Å². The maximum Gasteiger partial charge on any atom is 0.239 e. The van der Waals surface area contributed by atoms with Gasteiger partial charge in [0.25, 0.3) is 0 Å². The number of aryl methyl sites for hydroxylation is 1. The number of carbonyl (C=O) groups excluding carboxylic acids is 2. The molecule has 132 valence electrons. The average molecular weight is 335 g/mol. The molecule has 3 rings (SSSR count). The topological polar surface area (TPSA) is 90.7 Å². The Morgan fingerprint density at radius 2 is 2.04 bits per heavy atom. The Balaban J connectivity index is 1.39. The van der Waals surface area contributed by atoms with Crippen molar-refractivity contribution >= 4 is 17.6 Å². The first-order valence-electron chi connectivity index (χ1n) is 8.51. The summed E-state index contributed by atoms with van der Waals surface area (Å²) < 4.78 is 4.93. The lowest BCUT2D eigenvalue weighted by molar-refractivity contribution is -0.127. The minimum atomic E-state index is -0.111. The van der Waals surface area contributed by atoms with Gasteiger partial charge in [0.2, 0.25) is 11.8 Å². The van der Waals surface area contributed by atoms with Crippen LogP contribution < -0.4 is 10.6 Å². The quantitative estimate of drug-likeness (QED) is 0.772. The monoisotopic (exact) mass is 335 g/mol. The van der Waals surface area contributed by atoms with E-state index < -0.39 is 0 Å². The van der Waals surface area contributed by atoms with Gasteiger partial charge in [-0.25, -0.2) is 0 Å². The van der Waals surface area contributed by atoms with Crippen molar-refractivity contribution in [3.63, 3.8) is 0 Å². The van der Waals surface area contributed by atoms with Crippen LogP contribution in [0.15, 0.2) is 10.6 Å². The predicted molar refractivity (Wildman–Crippen MR) is 88.5 cm³/mol. The number of nitrogens with one attached hydrogen (secondary N) is 2. The molecule has 1 saturated heterocycles. The summed E-state index contributed by atoms with van der Waals surface area (Å²) in [6, 6.07) is 1.97. The van der Waals surface area contributed by atoms with Crippen LogP contribution in [0, 0.1) is 6.92 Å². The summed E-state index contributed by atoms with van der Waals surface area (Å²) >= 11 is 0. The zero-order chi connectivity index (χ0) is 17.1. The molecule has 8 nitrogen and oxygen atoms in total. The molecule has 2 fully saturated rings. The van der Waals surface area contributed by atoms with Crippen LogP contribution in [0.4, 0.5) is 5.82 Å². The van der Waals surface area contributed by atoms with Crippen LogP contribution in [0.25, 0.3) is 0 Å². The first-order chi connectivity index (χ1) is 11.5. The highest BCUT2D eigenvalue weighted by molar-refractivity contribution is 5.91. The van der Waals surface area contributed by atoms with Crippen LogP contribution in [0.5, 0.6) is 0 Å². The number of carbonyl (C=O) groups is 2. The summed E-state index contributed by atoms with van der Waals surface area (Å²) in [5.41, 5.74) is 0. The van der Waals surface area contributed by atoms with Gasteiger partial charge in [-0.15, -0.1) is 0 Å². The van der Waals surface area contributed by atoms with Gasteiger partial charge >= 0.3 is 0 Å². The van der Waals surface area contributed by atoms with Crippen molar-refractivity contribution in [1.29, 1.82) is 0 Å². The molecule has 1 aliphatic heterocycles. The standard InChI is InChI=1S/C16H25N5O3/c1-11-9-14(19-24-11)18-15(22)10-20-5-7-21(8-6-20)12(2)16(23)17-13-3-4-13/h9,12-13H,3-8,10H2,1-2H3,(H,17,23)(H,18,19,22). The molecule has 0 bridgehead atoms. The van der Waals surface area contributed by atoms with Crippen LogP contribution in [0.2, 0.25) is 0 Å². The molecular weight excluding hydrogens is 310 g/mol. The minimum absolute atomic E-state index is 0.101. The zero-order valence-electron chi connectivity index (χ0n) is 14.2. The Bertz CT molecular complexity index is 590. The van der Waals surface area contributed by atoms with Gasteiger partial charge in [-0.1, -0.05) is 5.16 Å². The van der Waals surface area contributed by atoms with Crippen molar-refractivity contribution in [2.24, 2.45) is 0 Å². The number of amides is 2. The second kappa shape index (κ2) is 7.31. The summed E-state index contributed by atoms with van der Waals surface area (Å²) in [5, 5.41) is 9.53. The molecule has 1 saturated carbocycles. The van der Waals surface area contributed by atoms with Crippen LogP contribution in [0.3, 0.4) is 0 Å². The first kappa shape index (κ1) is 16.9. The maximum absolute atomic E-state index is 12.1. The highest BCUT2D eigenvalue weighted by Gasteiger charge is 2.30. The normalized spacial score (nSPS) is 20.6. The van der Waals surface area contributed by atoms with Crippen molar-refractivity contribution in [2.45, 2.75) is 38.8 Å². The molecule has 0 spiro atoms. The first-order valence-corrected chi connectivity index (χ1v) is 8.51. The van der Waals surface area contributed by atoms with E-state index in [1.165, 1.54) is 0 Å². The van der Waals surface area contributed by atoms with E-state index in [1.807, 2.05) is 6.92 Å². The number of aromatic nitrogens is 1. The molecule has 2 amide bonds. The zero-order valence-corrected chi connectivity index (χ0v) is 14.2. The fraction of sp³-hybridized carbons (Fsp3) is 0.688. The number of anilines is 1. The summed E-state index contributed by atoms with van der Waals surface area (Å²) in [6.07, 6.45) is 2.21. The lowest BCUT2D eigenvalue weighted by Gasteiger charge is -2.37. The van der Waals surface area contributed by atoms with Crippen LogP contribution in [-0.2, 0) is 9.59 Å². The smallest absolute Gasteiger partial charge is 0.239 e. The maximum atomic E-state index is 12.1. The van der Waals surface area contributed by atoms with Crippen LogP contribution in [0.1, 0.15) is 25.5 Å². The van der Waals surface area contributed by atoms with E-state index in [0.717, 1.165) is 39.0 Å². The lowest BCUT2D eigenvalue weighted by atomic mass is 10.2. The van der Waals surface area contributed by atoms with Crippen LogP contribution in [-0.4, -0.2) is 71.6 Å². The van der Waals surface area contributed by atoms with Crippen molar-refractivity contribution in [3.05, 3.63) is 11.8 Å². The van der Waals surface area contributed by atoms with Gasteiger partial charge < -0.3 is 15.2 Å². The second-order valence-corrected chi connectivity index (χ2v) is 6.64. The molecule has 0 radical (unpaired) electrons. The molecule has 1 aromatic rings. The third-order valence-corrected chi connectivity index (χ3v) is 4.52. The van der Waals surface area contributed by atoms with Gasteiger partial charge in [0.05, 0.1) is 12.6 Å². The van der Waals surface area contributed by atoms with Gasteiger partial charge in [0.15, 0.2) is 5.82 Å². The number of hydrogen-bond acceptors (Lipinski definition) is 6. The Labute approximate surface area is 141 Å². The molecule has 0 aromatic carbocycles. The van der Waals surface area contributed by atoms with Gasteiger partial charge in [-0.3, -0.25) is 19.4 Å². The van der Waals surface area contributed by atoms with Crippen molar-refractivity contribution in [2.75, 3.05) is 38.0 Å². The average Bonchev–Trinajstić information content (AvgIpc) is 3.28.